The Bertz CT molecular complexity index is 128. The summed E-state index contributed by atoms with van der Waals surface area (Å²) in [4.78, 5) is 0. The largest absolute Gasteiger partial charge is 0.0654 e. The Morgan fingerprint density at radius 3 is 2.36 bits per heavy atom. The van der Waals surface area contributed by atoms with Gasteiger partial charge in [0, 0.05) is 0 Å². The van der Waals surface area contributed by atoms with Crippen LogP contribution >= 0.6 is 0 Å². The van der Waals surface area contributed by atoms with Crippen molar-refractivity contribution in [1.29, 1.82) is 0 Å². The van der Waals surface area contributed by atoms with E-state index in [1.165, 1.54) is 25.7 Å². The molecule has 0 radical (unpaired) electrons. The molecule has 0 heteroatoms. The second-order valence-electron chi connectivity index (χ2n) is 4.58. The molecule has 0 aromatic carbocycles. The molecule has 0 aromatic rings. The molecule has 0 bridgehead atoms. The first-order chi connectivity index (χ1) is 5.14. The molecular formula is C11H22. The Balaban J connectivity index is 2.46. The number of rotatable bonds is 3. The van der Waals surface area contributed by atoms with E-state index in [0.717, 1.165) is 11.8 Å². The molecule has 0 spiro atoms. The minimum Gasteiger partial charge on any atom is -0.0654 e. The lowest BCUT2D eigenvalue weighted by Gasteiger charge is -2.52. The van der Waals surface area contributed by atoms with E-state index in [-0.39, 0.29) is 0 Å². The maximum Gasteiger partial charge on any atom is -0.0295 e. The molecule has 1 fully saturated rings. The topological polar surface area (TPSA) is 0 Å². The average molecular weight is 154 g/mol. The van der Waals surface area contributed by atoms with Gasteiger partial charge in [-0.2, -0.15) is 0 Å². The van der Waals surface area contributed by atoms with Crippen molar-refractivity contribution in [3.8, 4) is 0 Å². The quantitative estimate of drug-likeness (QED) is 0.579. The van der Waals surface area contributed by atoms with Crippen LogP contribution in [0.15, 0.2) is 0 Å². The molecule has 0 N–H and O–H groups in total. The molecule has 0 saturated heterocycles. The van der Waals surface area contributed by atoms with Crippen LogP contribution in [0.3, 0.4) is 0 Å². The minimum atomic E-state index is 0.704. The molecule has 0 heterocycles. The lowest BCUT2D eigenvalue weighted by molar-refractivity contribution is -0.0266. The number of hydrogen-bond donors (Lipinski definition) is 0. The molecule has 1 aliphatic rings. The molecule has 11 heavy (non-hydrogen) atoms. The highest BCUT2D eigenvalue weighted by Gasteiger charge is 2.45. The highest BCUT2D eigenvalue weighted by Crippen LogP contribution is 2.54. The van der Waals surface area contributed by atoms with Crippen molar-refractivity contribution in [2.45, 2.75) is 53.4 Å². The molecular weight excluding hydrogens is 132 g/mol. The van der Waals surface area contributed by atoms with Gasteiger partial charge in [0.25, 0.3) is 0 Å². The average Bonchev–Trinajstić information content (AvgIpc) is 2.00. The summed E-state index contributed by atoms with van der Waals surface area (Å²) in [5.41, 5.74) is 0.704. The second-order valence-corrected chi connectivity index (χ2v) is 4.58. The van der Waals surface area contributed by atoms with E-state index >= 15 is 0 Å². The van der Waals surface area contributed by atoms with Gasteiger partial charge >= 0.3 is 0 Å². The SMILES string of the molecule is CCCC1C(C)CC1(C)CC. The van der Waals surface area contributed by atoms with Gasteiger partial charge in [-0.1, -0.05) is 40.5 Å². The van der Waals surface area contributed by atoms with Gasteiger partial charge in [0.1, 0.15) is 0 Å². The number of hydrogen-bond acceptors (Lipinski definition) is 0. The van der Waals surface area contributed by atoms with E-state index in [0.29, 0.717) is 5.41 Å². The van der Waals surface area contributed by atoms with Crippen molar-refractivity contribution in [2.24, 2.45) is 17.3 Å². The van der Waals surface area contributed by atoms with Gasteiger partial charge in [0.15, 0.2) is 0 Å². The molecule has 0 amide bonds. The summed E-state index contributed by atoms with van der Waals surface area (Å²) < 4.78 is 0. The molecule has 0 aromatic heterocycles. The van der Waals surface area contributed by atoms with E-state index in [2.05, 4.69) is 27.7 Å². The molecule has 66 valence electrons. The Morgan fingerprint density at radius 2 is 2.00 bits per heavy atom. The van der Waals surface area contributed by atoms with E-state index in [1.807, 2.05) is 0 Å². The van der Waals surface area contributed by atoms with Gasteiger partial charge < -0.3 is 0 Å². The first-order valence-corrected chi connectivity index (χ1v) is 5.14. The van der Waals surface area contributed by atoms with E-state index in [9.17, 15) is 0 Å². The summed E-state index contributed by atoms with van der Waals surface area (Å²) in [5.74, 6) is 2.03. The fourth-order valence-electron chi connectivity index (χ4n) is 2.91. The zero-order valence-electron chi connectivity index (χ0n) is 8.48. The van der Waals surface area contributed by atoms with Gasteiger partial charge in [-0.05, 0) is 30.1 Å². The monoisotopic (exact) mass is 154 g/mol. The smallest absolute Gasteiger partial charge is 0.0295 e. The molecule has 1 rings (SSSR count). The Morgan fingerprint density at radius 1 is 1.36 bits per heavy atom. The normalized spacial score (nSPS) is 43.6. The van der Waals surface area contributed by atoms with Crippen molar-refractivity contribution >= 4 is 0 Å². The third-order valence-corrected chi connectivity index (χ3v) is 3.78. The summed E-state index contributed by atoms with van der Waals surface area (Å²) >= 11 is 0. The van der Waals surface area contributed by atoms with Crippen molar-refractivity contribution in [3.05, 3.63) is 0 Å². The highest BCUT2D eigenvalue weighted by molar-refractivity contribution is 4.95. The Hall–Kier alpha value is 0. The van der Waals surface area contributed by atoms with Crippen LogP contribution < -0.4 is 0 Å². The molecule has 3 atom stereocenters. The van der Waals surface area contributed by atoms with Crippen LogP contribution in [0.1, 0.15) is 53.4 Å². The maximum absolute atomic E-state index is 2.47. The highest BCUT2D eigenvalue weighted by atomic mass is 14.5. The summed E-state index contributed by atoms with van der Waals surface area (Å²) in [6, 6.07) is 0. The van der Waals surface area contributed by atoms with Gasteiger partial charge in [0.2, 0.25) is 0 Å². The summed E-state index contributed by atoms with van der Waals surface area (Å²) in [7, 11) is 0. The summed E-state index contributed by atoms with van der Waals surface area (Å²) in [5, 5.41) is 0. The van der Waals surface area contributed by atoms with Crippen molar-refractivity contribution in [1.82, 2.24) is 0 Å². The third-order valence-electron chi connectivity index (χ3n) is 3.78. The third kappa shape index (κ3) is 1.45. The zero-order chi connectivity index (χ0) is 8.48. The second kappa shape index (κ2) is 3.16. The van der Waals surface area contributed by atoms with Gasteiger partial charge in [-0.15, -0.1) is 0 Å². The first-order valence-electron chi connectivity index (χ1n) is 5.14. The predicted octanol–water partition coefficient (Wildman–Crippen LogP) is 3.86. The van der Waals surface area contributed by atoms with Crippen LogP contribution in [-0.4, -0.2) is 0 Å². The van der Waals surface area contributed by atoms with E-state index in [1.54, 1.807) is 0 Å². The Kier molecular flexibility index (Phi) is 2.61. The first kappa shape index (κ1) is 9.09. The summed E-state index contributed by atoms with van der Waals surface area (Å²) in [6.07, 6.45) is 5.66. The Labute approximate surface area is 71.4 Å². The van der Waals surface area contributed by atoms with Crippen molar-refractivity contribution in [2.75, 3.05) is 0 Å². The van der Waals surface area contributed by atoms with E-state index in [4.69, 9.17) is 0 Å². The molecule has 1 aliphatic carbocycles. The molecule has 3 unspecified atom stereocenters. The van der Waals surface area contributed by atoms with E-state index < -0.39 is 0 Å². The van der Waals surface area contributed by atoms with Gasteiger partial charge in [0.05, 0.1) is 0 Å². The predicted molar refractivity (Wildman–Crippen MR) is 50.6 cm³/mol. The van der Waals surface area contributed by atoms with Crippen LogP contribution in [0.25, 0.3) is 0 Å². The summed E-state index contributed by atoms with van der Waals surface area (Å²) in [6.45, 7) is 9.53. The van der Waals surface area contributed by atoms with Crippen molar-refractivity contribution in [3.63, 3.8) is 0 Å². The zero-order valence-corrected chi connectivity index (χ0v) is 8.48. The fraction of sp³-hybridized carbons (Fsp3) is 1.00. The molecule has 0 aliphatic heterocycles. The van der Waals surface area contributed by atoms with Crippen LogP contribution in [0, 0.1) is 17.3 Å². The van der Waals surface area contributed by atoms with Gasteiger partial charge in [-0.25, -0.2) is 0 Å². The van der Waals surface area contributed by atoms with Crippen molar-refractivity contribution < 1.29 is 0 Å². The van der Waals surface area contributed by atoms with Gasteiger partial charge in [-0.3, -0.25) is 0 Å². The standard InChI is InChI=1S/C11H22/c1-5-7-10-9(3)8-11(10,4)6-2/h9-10H,5-8H2,1-4H3. The van der Waals surface area contributed by atoms with Crippen LogP contribution in [-0.2, 0) is 0 Å². The van der Waals surface area contributed by atoms with Crippen LogP contribution in [0.4, 0.5) is 0 Å². The maximum atomic E-state index is 2.47. The molecule has 1 saturated carbocycles. The lowest BCUT2D eigenvalue weighted by Crippen LogP contribution is -2.43. The van der Waals surface area contributed by atoms with Crippen LogP contribution in [0.5, 0.6) is 0 Å². The fourth-order valence-corrected chi connectivity index (χ4v) is 2.91. The lowest BCUT2D eigenvalue weighted by atomic mass is 9.53. The minimum absolute atomic E-state index is 0.704. The molecule has 0 nitrogen and oxygen atoms in total. The van der Waals surface area contributed by atoms with Crippen LogP contribution in [0.2, 0.25) is 0 Å².